The average molecular weight is 355 g/mol. The van der Waals surface area contributed by atoms with Crippen LogP contribution < -0.4 is 5.32 Å². The van der Waals surface area contributed by atoms with Gasteiger partial charge in [-0.3, -0.25) is 4.79 Å². The number of benzene rings is 3. The van der Waals surface area contributed by atoms with Crippen LogP contribution in [0.3, 0.4) is 0 Å². The van der Waals surface area contributed by atoms with Crippen LogP contribution in [0.4, 0.5) is 14.5 Å². The zero-order chi connectivity index (χ0) is 17.6. The van der Waals surface area contributed by atoms with Crippen LogP contribution in [0.25, 0.3) is 0 Å². The summed E-state index contributed by atoms with van der Waals surface area (Å²) in [4.78, 5) is 13.1. The summed E-state index contributed by atoms with van der Waals surface area (Å²) in [7, 11) is 0. The van der Waals surface area contributed by atoms with E-state index >= 15 is 0 Å². The van der Waals surface area contributed by atoms with Crippen molar-refractivity contribution >= 4 is 23.4 Å². The van der Waals surface area contributed by atoms with Crippen LogP contribution in [0.5, 0.6) is 0 Å². The second kappa shape index (κ2) is 7.94. The van der Waals surface area contributed by atoms with E-state index in [2.05, 4.69) is 5.32 Å². The lowest BCUT2D eigenvalue weighted by Gasteiger charge is -2.07. The average Bonchev–Trinajstić information content (AvgIpc) is 2.63. The molecule has 2 nitrogen and oxygen atoms in total. The van der Waals surface area contributed by atoms with Gasteiger partial charge in [0.15, 0.2) is 0 Å². The van der Waals surface area contributed by atoms with Gasteiger partial charge in [0.2, 0.25) is 0 Å². The summed E-state index contributed by atoms with van der Waals surface area (Å²) in [6.07, 6.45) is 0. The molecule has 0 radical (unpaired) electrons. The first-order valence-electron chi connectivity index (χ1n) is 7.65. The first-order chi connectivity index (χ1) is 12.1. The van der Waals surface area contributed by atoms with Crippen LogP contribution >= 0.6 is 11.8 Å². The minimum absolute atomic E-state index is 0.210. The summed E-state index contributed by atoms with van der Waals surface area (Å²) in [6, 6.07) is 19.4. The molecule has 0 saturated heterocycles. The van der Waals surface area contributed by atoms with Crippen molar-refractivity contribution in [2.45, 2.75) is 10.6 Å². The fourth-order valence-corrected chi connectivity index (χ4v) is 3.10. The van der Waals surface area contributed by atoms with Gasteiger partial charge in [-0.1, -0.05) is 18.2 Å². The Morgan fingerprint density at radius 1 is 0.880 bits per heavy atom. The maximum atomic E-state index is 13.6. The first-order valence-corrected chi connectivity index (χ1v) is 8.63. The fourth-order valence-electron chi connectivity index (χ4n) is 2.22. The molecule has 25 heavy (non-hydrogen) atoms. The molecule has 1 amide bonds. The van der Waals surface area contributed by atoms with E-state index in [1.165, 1.54) is 42.1 Å². The van der Waals surface area contributed by atoms with E-state index in [1.54, 1.807) is 24.3 Å². The number of nitrogens with one attached hydrogen (secondary N) is 1. The number of hydrogen-bond acceptors (Lipinski definition) is 2. The van der Waals surface area contributed by atoms with E-state index in [-0.39, 0.29) is 17.5 Å². The third kappa shape index (κ3) is 4.67. The van der Waals surface area contributed by atoms with Gasteiger partial charge in [0.05, 0.1) is 0 Å². The van der Waals surface area contributed by atoms with Gasteiger partial charge in [0, 0.05) is 21.9 Å². The molecule has 3 aromatic carbocycles. The molecular formula is C20H15F2NOS. The molecule has 0 unspecified atom stereocenters. The lowest BCUT2D eigenvalue weighted by molar-refractivity contribution is 0.102. The van der Waals surface area contributed by atoms with Crippen LogP contribution in [-0.2, 0) is 5.75 Å². The molecule has 5 heteroatoms. The van der Waals surface area contributed by atoms with Crippen molar-refractivity contribution in [3.8, 4) is 0 Å². The summed E-state index contributed by atoms with van der Waals surface area (Å²) in [5.74, 6) is -0.355. The number of halogens is 2. The number of carbonyl (C=O) groups excluding carboxylic acids is 1. The molecule has 0 heterocycles. The number of thioether (sulfide) groups is 1. The van der Waals surface area contributed by atoms with Gasteiger partial charge in [-0.2, -0.15) is 0 Å². The van der Waals surface area contributed by atoms with Crippen LogP contribution in [-0.4, -0.2) is 5.91 Å². The van der Waals surface area contributed by atoms with Gasteiger partial charge in [-0.15, -0.1) is 11.8 Å². The summed E-state index contributed by atoms with van der Waals surface area (Å²) in [5.41, 5.74) is 1.69. The van der Waals surface area contributed by atoms with Gasteiger partial charge in [-0.25, -0.2) is 8.78 Å². The Kier molecular flexibility index (Phi) is 5.46. The van der Waals surface area contributed by atoms with Gasteiger partial charge in [0.25, 0.3) is 5.91 Å². The molecule has 0 aliphatic heterocycles. The van der Waals surface area contributed by atoms with Gasteiger partial charge in [0.1, 0.15) is 11.6 Å². The molecule has 1 N–H and O–H groups in total. The first kappa shape index (κ1) is 17.2. The third-order valence-corrected chi connectivity index (χ3v) is 4.63. The highest BCUT2D eigenvalue weighted by atomic mass is 32.2. The molecular weight excluding hydrogens is 340 g/mol. The highest BCUT2D eigenvalue weighted by Crippen LogP contribution is 2.25. The van der Waals surface area contributed by atoms with Crippen molar-refractivity contribution in [3.05, 3.63) is 95.6 Å². The fraction of sp³-hybridized carbons (Fsp3) is 0.0500. The normalized spacial score (nSPS) is 10.5. The number of hydrogen-bond donors (Lipinski definition) is 1. The van der Waals surface area contributed by atoms with Crippen molar-refractivity contribution in [2.24, 2.45) is 0 Å². The molecule has 0 aliphatic carbocycles. The predicted octanol–water partition coefficient (Wildman–Crippen LogP) is 5.51. The smallest absolute Gasteiger partial charge is 0.255 e. The summed E-state index contributed by atoms with van der Waals surface area (Å²) < 4.78 is 26.5. The van der Waals surface area contributed by atoms with E-state index in [0.717, 1.165) is 4.90 Å². The SMILES string of the molecule is O=C(Nc1ccc(SCc2ccccc2F)cc1)c1ccc(F)cc1. The Bertz CT molecular complexity index is 864. The van der Waals surface area contributed by atoms with Crippen molar-refractivity contribution in [1.82, 2.24) is 0 Å². The largest absolute Gasteiger partial charge is 0.322 e. The maximum Gasteiger partial charge on any atom is 0.255 e. The standard InChI is InChI=1S/C20H15F2NOS/c21-16-7-5-14(6-8-16)20(24)23-17-9-11-18(12-10-17)25-13-15-3-1-2-4-19(15)22/h1-12H,13H2,(H,23,24). The second-order valence-corrected chi connectivity index (χ2v) is 6.41. The second-order valence-electron chi connectivity index (χ2n) is 5.37. The molecule has 126 valence electrons. The Hall–Kier alpha value is -2.66. The Labute approximate surface area is 148 Å². The van der Waals surface area contributed by atoms with Crippen LogP contribution in [0, 0.1) is 11.6 Å². The lowest BCUT2D eigenvalue weighted by atomic mass is 10.2. The monoisotopic (exact) mass is 355 g/mol. The summed E-state index contributed by atoms with van der Waals surface area (Å²) in [5, 5.41) is 2.76. The lowest BCUT2D eigenvalue weighted by Crippen LogP contribution is -2.11. The van der Waals surface area contributed by atoms with E-state index in [4.69, 9.17) is 0 Å². The van der Waals surface area contributed by atoms with Gasteiger partial charge < -0.3 is 5.32 Å². The Morgan fingerprint density at radius 2 is 1.56 bits per heavy atom. The summed E-state index contributed by atoms with van der Waals surface area (Å²) in [6.45, 7) is 0. The molecule has 0 aliphatic rings. The highest BCUT2D eigenvalue weighted by molar-refractivity contribution is 7.98. The number of amides is 1. The van der Waals surface area contributed by atoms with E-state index in [9.17, 15) is 13.6 Å². The molecule has 0 saturated carbocycles. The minimum Gasteiger partial charge on any atom is -0.322 e. The molecule has 0 bridgehead atoms. The molecule has 0 aromatic heterocycles. The number of rotatable bonds is 5. The molecule has 0 atom stereocenters. The number of anilines is 1. The van der Waals surface area contributed by atoms with Crippen LogP contribution in [0.1, 0.15) is 15.9 Å². The highest BCUT2D eigenvalue weighted by Gasteiger charge is 2.07. The molecule has 0 spiro atoms. The zero-order valence-electron chi connectivity index (χ0n) is 13.2. The summed E-state index contributed by atoms with van der Waals surface area (Å²) >= 11 is 1.52. The molecule has 0 fully saturated rings. The van der Waals surface area contributed by atoms with Crippen molar-refractivity contribution < 1.29 is 13.6 Å². The van der Waals surface area contributed by atoms with Crippen LogP contribution in [0.2, 0.25) is 0 Å². The van der Waals surface area contributed by atoms with Crippen LogP contribution in [0.15, 0.2) is 77.7 Å². The zero-order valence-corrected chi connectivity index (χ0v) is 14.0. The Balaban J connectivity index is 1.59. The van der Waals surface area contributed by atoms with E-state index in [1.807, 2.05) is 18.2 Å². The van der Waals surface area contributed by atoms with E-state index < -0.39 is 0 Å². The third-order valence-electron chi connectivity index (χ3n) is 3.57. The molecule has 3 rings (SSSR count). The van der Waals surface area contributed by atoms with Gasteiger partial charge >= 0.3 is 0 Å². The Morgan fingerprint density at radius 3 is 2.24 bits per heavy atom. The van der Waals surface area contributed by atoms with Crippen molar-refractivity contribution in [2.75, 3.05) is 5.32 Å². The van der Waals surface area contributed by atoms with Crippen molar-refractivity contribution in [1.29, 1.82) is 0 Å². The maximum absolute atomic E-state index is 13.6. The number of carbonyl (C=O) groups is 1. The van der Waals surface area contributed by atoms with E-state index in [0.29, 0.717) is 22.6 Å². The van der Waals surface area contributed by atoms with Crippen molar-refractivity contribution in [3.63, 3.8) is 0 Å². The predicted molar refractivity (Wildman–Crippen MR) is 96.8 cm³/mol. The molecule has 3 aromatic rings. The van der Waals surface area contributed by atoms with Gasteiger partial charge in [-0.05, 0) is 60.2 Å². The quantitative estimate of drug-likeness (QED) is 0.612. The topological polar surface area (TPSA) is 29.1 Å². The minimum atomic E-state index is -0.382.